The number of ether oxygens (including phenoxy) is 1. The number of alkyl halides is 24. The van der Waals surface area contributed by atoms with E-state index in [-0.39, 0.29) is 18.0 Å². The molecular formula is C63H33BF24N2O3. The van der Waals surface area contributed by atoms with Crippen molar-refractivity contribution >= 4 is 72.1 Å². The van der Waals surface area contributed by atoms with E-state index in [9.17, 15) is 115 Å². The Morgan fingerprint density at radius 1 is 0.366 bits per heavy atom. The van der Waals surface area contributed by atoms with E-state index in [0.29, 0.717) is 11.3 Å². The van der Waals surface area contributed by atoms with Gasteiger partial charge in [-0.3, -0.25) is 4.79 Å². The van der Waals surface area contributed by atoms with Crippen molar-refractivity contribution in [1.29, 1.82) is 0 Å². The fourth-order valence-corrected chi connectivity index (χ4v) is 10.6. The van der Waals surface area contributed by atoms with Gasteiger partial charge >= 0.3 is 55.4 Å². The molecule has 0 N–H and O–H groups in total. The fraction of sp³-hybridized carbons (Fsp3) is 0.143. The maximum atomic E-state index is 14.2. The van der Waals surface area contributed by atoms with Gasteiger partial charge in [0.2, 0.25) is 24.2 Å². The predicted molar refractivity (Wildman–Crippen MR) is 289 cm³/mol. The van der Waals surface area contributed by atoms with Crippen LogP contribution in [0.15, 0.2) is 188 Å². The Hall–Kier alpha value is -9.64. The molecule has 0 aliphatic carbocycles. The number of fused-ring (bicyclic) bond motifs is 3. The van der Waals surface area contributed by atoms with E-state index in [0.717, 1.165) is 32.3 Å². The van der Waals surface area contributed by atoms with Gasteiger partial charge in [0, 0.05) is 16.3 Å². The number of hydrogen-bond acceptors (Lipinski definition) is 4. The highest BCUT2D eigenvalue weighted by Crippen LogP contribution is 2.43. The van der Waals surface area contributed by atoms with E-state index in [4.69, 9.17) is 4.74 Å². The summed E-state index contributed by atoms with van der Waals surface area (Å²) in [6, 6.07) is 22.5. The van der Waals surface area contributed by atoms with Gasteiger partial charge < -0.3 is 4.74 Å². The third-order valence-electron chi connectivity index (χ3n) is 14.7. The van der Waals surface area contributed by atoms with Crippen LogP contribution in [0.1, 0.15) is 65.4 Å². The number of nitrogens with zero attached hydrogens (tertiary/aromatic N) is 2. The lowest BCUT2D eigenvalue weighted by atomic mass is 9.12. The van der Waals surface area contributed by atoms with Gasteiger partial charge in [0.25, 0.3) is 0 Å². The summed E-state index contributed by atoms with van der Waals surface area (Å²) in [5.41, 5.74) is -29.5. The molecular weight excluding hydrogens is 1300 g/mol. The Morgan fingerprint density at radius 3 is 1.05 bits per heavy atom. The van der Waals surface area contributed by atoms with Gasteiger partial charge in [0.05, 0.1) is 50.7 Å². The molecule has 484 valence electrons. The zero-order valence-corrected chi connectivity index (χ0v) is 45.9. The van der Waals surface area contributed by atoms with Gasteiger partial charge in [0.1, 0.15) is 11.9 Å². The largest absolute Gasteiger partial charge is 0.420 e. The van der Waals surface area contributed by atoms with Gasteiger partial charge in [-0.15, -0.1) is 0 Å². The highest BCUT2D eigenvalue weighted by molar-refractivity contribution is 7.20. The molecule has 0 amide bonds. The minimum atomic E-state index is -6.13. The molecule has 0 fully saturated rings. The number of hydrogen-bond donors (Lipinski definition) is 0. The van der Waals surface area contributed by atoms with Gasteiger partial charge in [-0.2, -0.15) is 132 Å². The number of ketones is 1. The summed E-state index contributed by atoms with van der Waals surface area (Å²) in [4.78, 5) is 30.1. The van der Waals surface area contributed by atoms with Crippen LogP contribution in [0.5, 0.6) is 5.75 Å². The molecule has 0 saturated heterocycles. The SMILES string of the molecule is FC(F)(F)c1cc([B-](c2cc(C(F)(F)F)cc(C(F)(F)F)c2)(c2cc(C(F)(F)F)cc(C(F)(F)F)c2)c2cc(C(F)(F)F)cc(C(F)(F)F)c2)cc(C(F)(F)F)c1.O=C(C[n+]1ccnc(C(=O)Oc2c3ccccc3cc3cc4ccccc4cc23)c1)c1ccccc1. The highest BCUT2D eigenvalue weighted by atomic mass is 19.4. The van der Waals surface area contributed by atoms with Crippen LogP contribution < -0.4 is 31.2 Å². The molecule has 0 unspecified atom stereocenters. The van der Waals surface area contributed by atoms with Gasteiger partial charge in [-0.25, -0.2) is 9.78 Å². The van der Waals surface area contributed by atoms with Crippen molar-refractivity contribution in [2.24, 2.45) is 0 Å². The molecule has 93 heavy (non-hydrogen) atoms. The number of carbonyl (C=O) groups excluding carboxylic acids is 2. The lowest BCUT2D eigenvalue weighted by Crippen LogP contribution is -2.75. The molecule has 9 aromatic carbocycles. The maximum absolute atomic E-state index is 14.2. The zero-order valence-electron chi connectivity index (χ0n) is 45.9. The Labute approximate surface area is 506 Å². The second-order valence-electron chi connectivity index (χ2n) is 20.9. The zero-order chi connectivity index (χ0) is 68.4. The van der Waals surface area contributed by atoms with Crippen molar-refractivity contribution in [2.45, 2.75) is 56.0 Å². The van der Waals surface area contributed by atoms with Crippen molar-refractivity contribution in [1.82, 2.24) is 4.98 Å². The van der Waals surface area contributed by atoms with Crippen molar-refractivity contribution in [3.63, 3.8) is 0 Å². The van der Waals surface area contributed by atoms with Crippen LogP contribution in [-0.2, 0) is 56.0 Å². The lowest BCUT2D eigenvalue weighted by molar-refractivity contribution is -0.683. The molecule has 10 rings (SSSR count). The summed E-state index contributed by atoms with van der Waals surface area (Å²) in [6.45, 7) is 0.0933. The molecule has 0 atom stereocenters. The average Bonchev–Trinajstić information content (AvgIpc) is 0.712. The van der Waals surface area contributed by atoms with E-state index >= 15 is 0 Å². The standard InChI is InChI=1S/C32H12BF24.C31H21N2O3/c34-25(35,36)13-1-14(26(37,38)39)6-21(5-13)33(22-7-15(27(40,41)42)2-16(8-22)28(43,44)45,23-9-17(29(46,47)48)3-18(10-23)30(49,50)51)24-11-19(31(52,53)54)4-20(12-24)32(55,56)57;34-29(21-8-2-1-3-9-21)20-33-15-14-32-28(19-33)31(35)36-30-26-13-7-6-12-24(26)17-25-16-22-10-4-5-11-23(22)18-27(25)30/h1-12H;1-19H,20H2/q-1;+1. The number of aromatic nitrogens is 2. The number of rotatable bonds is 9. The third kappa shape index (κ3) is 14.7. The first-order chi connectivity index (χ1) is 42.9. The van der Waals surface area contributed by atoms with Crippen LogP contribution in [0.4, 0.5) is 105 Å². The average molecular weight is 1330 g/mol. The molecule has 5 nitrogen and oxygen atoms in total. The van der Waals surface area contributed by atoms with Crippen LogP contribution in [0.2, 0.25) is 0 Å². The first kappa shape index (κ1) is 67.7. The number of Topliss-reactive ketones (excluding diaryl/α,β-unsaturated/α-hetero) is 1. The molecule has 30 heteroatoms. The van der Waals surface area contributed by atoms with Crippen LogP contribution in [-0.4, -0.2) is 22.9 Å². The molecule has 0 aliphatic heterocycles. The van der Waals surface area contributed by atoms with E-state index < -0.39 is 201 Å². The Bertz CT molecular complexity index is 4070. The van der Waals surface area contributed by atoms with Gasteiger partial charge in [0.15, 0.2) is 6.20 Å². The number of carbonyl (C=O) groups is 2. The second-order valence-corrected chi connectivity index (χ2v) is 20.9. The molecule has 0 saturated carbocycles. The van der Waals surface area contributed by atoms with E-state index in [1.165, 1.54) is 6.20 Å². The van der Waals surface area contributed by atoms with Crippen LogP contribution in [0, 0.1) is 0 Å². The summed E-state index contributed by atoms with van der Waals surface area (Å²) in [6.07, 6.45) is -50.1. The second kappa shape index (κ2) is 24.1. The molecule has 1 heterocycles. The lowest BCUT2D eigenvalue weighted by Gasteiger charge is -2.46. The summed E-state index contributed by atoms with van der Waals surface area (Å²) in [5.74, 6) is -0.142. The Morgan fingerprint density at radius 2 is 0.688 bits per heavy atom. The molecule has 0 spiro atoms. The monoisotopic (exact) mass is 1330 g/mol. The summed E-state index contributed by atoms with van der Waals surface area (Å²) in [7, 11) is 0. The topological polar surface area (TPSA) is 60.1 Å². The van der Waals surface area contributed by atoms with E-state index in [1.807, 2.05) is 60.7 Å². The molecule has 1 aromatic heterocycles. The first-order valence-electron chi connectivity index (χ1n) is 26.3. The van der Waals surface area contributed by atoms with Crippen molar-refractivity contribution in [2.75, 3.05) is 0 Å². The van der Waals surface area contributed by atoms with Crippen molar-refractivity contribution < 1.29 is 124 Å². The van der Waals surface area contributed by atoms with Gasteiger partial charge in [-0.1, -0.05) is 127 Å². The molecule has 0 aliphatic rings. The smallest absolute Gasteiger partial charge is 0.416 e. The first-order valence-corrected chi connectivity index (χ1v) is 26.3. The van der Waals surface area contributed by atoms with E-state index in [1.54, 1.807) is 29.1 Å². The minimum absolute atomic E-state index is 0.0574. The summed E-state index contributed by atoms with van der Waals surface area (Å²) >= 11 is 0. The number of benzene rings is 9. The van der Waals surface area contributed by atoms with Crippen molar-refractivity contribution in [3.8, 4) is 5.75 Å². The van der Waals surface area contributed by atoms with E-state index in [2.05, 4.69) is 29.2 Å². The number of halogens is 24. The quantitative estimate of drug-likeness (QED) is 0.0275. The number of esters is 1. The molecule has 0 radical (unpaired) electrons. The fourth-order valence-electron chi connectivity index (χ4n) is 10.6. The normalized spacial score (nSPS) is 13.1. The highest BCUT2D eigenvalue weighted by Gasteiger charge is 2.47. The molecule has 10 aromatic rings. The third-order valence-corrected chi connectivity index (χ3v) is 14.7. The summed E-state index contributed by atoms with van der Waals surface area (Å²) in [5, 5.41) is 5.84. The van der Waals surface area contributed by atoms with Gasteiger partial charge in [-0.05, 0) is 64.0 Å². The van der Waals surface area contributed by atoms with Crippen molar-refractivity contribution in [3.05, 3.63) is 244 Å². The van der Waals surface area contributed by atoms with Crippen LogP contribution >= 0.6 is 0 Å². The maximum Gasteiger partial charge on any atom is 0.416 e. The predicted octanol–water partition coefficient (Wildman–Crippen LogP) is 17.1. The Kier molecular flexibility index (Phi) is 17.6. The minimum Gasteiger partial charge on any atom is -0.420 e. The Balaban J connectivity index is 0.000000241. The van der Waals surface area contributed by atoms with Crippen LogP contribution in [0.3, 0.4) is 0 Å². The van der Waals surface area contributed by atoms with Crippen LogP contribution in [0.25, 0.3) is 32.3 Å². The summed E-state index contributed by atoms with van der Waals surface area (Å²) < 4.78 is 348. The molecule has 0 bridgehead atoms.